The minimum absolute atomic E-state index is 0.00954. The smallest absolute Gasteiger partial charge is 0.266 e. The average molecular weight is 323 g/mol. The fourth-order valence-electron chi connectivity index (χ4n) is 1.49. The monoisotopic (exact) mass is 323 g/mol. The summed E-state index contributed by atoms with van der Waals surface area (Å²) in [7, 11) is -4.09. The van der Waals surface area contributed by atoms with E-state index in [1.807, 2.05) is 20.8 Å². The van der Waals surface area contributed by atoms with Crippen molar-refractivity contribution in [2.45, 2.75) is 33.2 Å². The van der Waals surface area contributed by atoms with Gasteiger partial charge in [0.25, 0.3) is 10.1 Å². The maximum atomic E-state index is 11.7. The summed E-state index contributed by atoms with van der Waals surface area (Å²) in [6.07, 6.45) is 0.837. The van der Waals surface area contributed by atoms with Crippen molar-refractivity contribution in [2.24, 2.45) is 0 Å². The van der Waals surface area contributed by atoms with Gasteiger partial charge < -0.3 is 10.6 Å². The van der Waals surface area contributed by atoms with Crippen LogP contribution < -0.4 is 10.6 Å². The van der Waals surface area contributed by atoms with Gasteiger partial charge in [-0.15, -0.1) is 0 Å². The molecule has 0 heterocycles. The van der Waals surface area contributed by atoms with Crippen molar-refractivity contribution in [1.82, 2.24) is 15.5 Å². The van der Waals surface area contributed by atoms with Gasteiger partial charge in [0.1, 0.15) is 0 Å². The highest BCUT2D eigenvalue weighted by Crippen LogP contribution is 1.97. The zero-order valence-electron chi connectivity index (χ0n) is 12.8. The van der Waals surface area contributed by atoms with Crippen molar-refractivity contribution >= 4 is 21.9 Å². The van der Waals surface area contributed by atoms with Gasteiger partial charge in [-0.25, -0.2) is 0 Å². The third-order valence-electron chi connectivity index (χ3n) is 2.68. The van der Waals surface area contributed by atoms with E-state index in [1.165, 1.54) is 0 Å². The summed E-state index contributed by atoms with van der Waals surface area (Å²) in [5.41, 5.74) is 0. The Morgan fingerprint density at radius 3 is 1.95 bits per heavy atom. The molecular formula is C12H25N3O5S. The molecule has 0 aliphatic carbocycles. The molecule has 3 N–H and O–H groups in total. The zero-order valence-corrected chi connectivity index (χ0v) is 13.6. The Morgan fingerprint density at radius 1 is 1.10 bits per heavy atom. The molecule has 8 nitrogen and oxygen atoms in total. The quantitative estimate of drug-likeness (QED) is 0.455. The largest absolute Gasteiger partial charge is 0.355 e. The molecule has 0 unspecified atom stereocenters. The number of amides is 2. The summed E-state index contributed by atoms with van der Waals surface area (Å²) in [6, 6.07) is -0.00954. The Kier molecular flexibility index (Phi) is 9.14. The van der Waals surface area contributed by atoms with Crippen LogP contribution in [0.15, 0.2) is 0 Å². The first-order valence-corrected chi connectivity index (χ1v) is 8.49. The lowest BCUT2D eigenvalue weighted by atomic mass is 10.3. The molecule has 0 radical (unpaired) electrons. The Bertz CT molecular complexity index is 436. The van der Waals surface area contributed by atoms with Gasteiger partial charge in [0.15, 0.2) is 0 Å². The molecule has 0 fully saturated rings. The van der Waals surface area contributed by atoms with E-state index in [2.05, 4.69) is 10.6 Å². The Labute approximate surface area is 126 Å². The maximum absolute atomic E-state index is 11.7. The number of hydrogen-bond acceptors (Lipinski definition) is 5. The predicted octanol–water partition coefficient (Wildman–Crippen LogP) is -0.773. The van der Waals surface area contributed by atoms with Crippen LogP contribution in [0.3, 0.4) is 0 Å². The first-order chi connectivity index (χ1) is 9.65. The Balaban J connectivity index is 4.24. The number of nitrogens with zero attached hydrogens (tertiary/aromatic N) is 1. The summed E-state index contributed by atoms with van der Waals surface area (Å²) in [5.74, 6) is -1.08. The maximum Gasteiger partial charge on any atom is 0.266 e. The topological polar surface area (TPSA) is 116 Å². The van der Waals surface area contributed by atoms with Gasteiger partial charge in [0.05, 0.1) is 18.8 Å². The van der Waals surface area contributed by atoms with E-state index in [1.54, 1.807) is 4.90 Å². The van der Waals surface area contributed by atoms with Crippen molar-refractivity contribution in [2.75, 3.05) is 31.9 Å². The highest BCUT2D eigenvalue weighted by atomic mass is 32.2. The molecule has 0 atom stereocenters. The molecule has 2 amide bonds. The minimum atomic E-state index is -4.09. The molecular weight excluding hydrogens is 298 g/mol. The Hall–Kier alpha value is -1.19. The normalized spacial score (nSPS) is 11.7. The number of hydrogen-bond donors (Lipinski definition) is 3. The number of rotatable bonds is 10. The third-order valence-corrected chi connectivity index (χ3v) is 3.40. The van der Waals surface area contributed by atoms with Crippen LogP contribution in [0.1, 0.15) is 27.2 Å². The summed E-state index contributed by atoms with van der Waals surface area (Å²) < 4.78 is 29.6. The van der Waals surface area contributed by atoms with Crippen molar-refractivity contribution in [3.63, 3.8) is 0 Å². The molecule has 0 bridgehead atoms. The molecule has 0 aliphatic heterocycles. The van der Waals surface area contributed by atoms with Crippen LogP contribution >= 0.6 is 0 Å². The number of nitrogens with one attached hydrogen (secondary N) is 2. The minimum Gasteiger partial charge on any atom is -0.355 e. The molecule has 124 valence electrons. The second-order valence-electron chi connectivity index (χ2n) is 4.98. The zero-order chi connectivity index (χ0) is 16.5. The lowest BCUT2D eigenvalue weighted by molar-refractivity contribution is -0.125. The molecule has 21 heavy (non-hydrogen) atoms. The fourth-order valence-corrected chi connectivity index (χ4v) is 1.85. The lowest BCUT2D eigenvalue weighted by Crippen LogP contribution is -2.46. The van der Waals surface area contributed by atoms with Crippen LogP contribution in [0.2, 0.25) is 0 Å². The van der Waals surface area contributed by atoms with Crippen LogP contribution in [-0.4, -0.2) is 67.7 Å². The summed E-state index contributed by atoms with van der Waals surface area (Å²) in [4.78, 5) is 25.0. The van der Waals surface area contributed by atoms with E-state index in [-0.39, 0.29) is 31.6 Å². The van der Waals surface area contributed by atoms with Crippen molar-refractivity contribution < 1.29 is 22.6 Å². The molecule has 0 spiro atoms. The lowest BCUT2D eigenvalue weighted by Gasteiger charge is -2.25. The van der Waals surface area contributed by atoms with Crippen LogP contribution in [-0.2, 0) is 19.7 Å². The van der Waals surface area contributed by atoms with E-state index in [0.717, 1.165) is 6.42 Å². The molecule has 0 rings (SSSR count). The van der Waals surface area contributed by atoms with Crippen LogP contribution in [0.25, 0.3) is 0 Å². The second kappa shape index (κ2) is 9.69. The van der Waals surface area contributed by atoms with E-state index >= 15 is 0 Å². The first kappa shape index (κ1) is 19.8. The number of carbonyl (C=O) groups excluding carboxylic acids is 2. The molecule has 0 aliphatic rings. The molecule has 0 aromatic carbocycles. The van der Waals surface area contributed by atoms with E-state index < -0.39 is 21.8 Å². The molecule has 0 aromatic heterocycles. The van der Waals surface area contributed by atoms with Crippen LogP contribution in [0.5, 0.6) is 0 Å². The van der Waals surface area contributed by atoms with E-state index in [4.69, 9.17) is 4.55 Å². The summed E-state index contributed by atoms with van der Waals surface area (Å²) >= 11 is 0. The highest BCUT2D eigenvalue weighted by Gasteiger charge is 2.17. The number of carbonyl (C=O) groups is 2. The fraction of sp³-hybridized carbons (Fsp3) is 0.833. The van der Waals surface area contributed by atoms with Crippen molar-refractivity contribution in [3.05, 3.63) is 0 Å². The van der Waals surface area contributed by atoms with Crippen LogP contribution in [0.4, 0.5) is 0 Å². The van der Waals surface area contributed by atoms with Gasteiger partial charge in [-0.2, -0.15) is 8.42 Å². The SMILES string of the molecule is CCCNC(=O)CN(CC(=O)NCCS(=O)(=O)O)C(C)C. The molecule has 0 saturated heterocycles. The van der Waals surface area contributed by atoms with Gasteiger partial charge >= 0.3 is 0 Å². The van der Waals surface area contributed by atoms with Gasteiger partial charge in [-0.3, -0.25) is 19.0 Å². The van der Waals surface area contributed by atoms with Crippen molar-refractivity contribution in [3.8, 4) is 0 Å². The molecule has 9 heteroatoms. The molecule has 0 saturated carbocycles. The third kappa shape index (κ3) is 11.2. The second-order valence-corrected chi connectivity index (χ2v) is 6.56. The van der Waals surface area contributed by atoms with E-state index in [9.17, 15) is 18.0 Å². The van der Waals surface area contributed by atoms with E-state index in [0.29, 0.717) is 6.54 Å². The van der Waals surface area contributed by atoms with Crippen LogP contribution in [0, 0.1) is 0 Å². The summed E-state index contributed by atoms with van der Waals surface area (Å²) in [5, 5.41) is 5.12. The van der Waals surface area contributed by atoms with Crippen molar-refractivity contribution in [1.29, 1.82) is 0 Å². The van der Waals surface area contributed by atoms with Gasteiger partial charge in [-0.1, -0.05) is 6.92 Å². The summed E-state index contributed by atoms with van der Waals surface area (Å²) in [6.45, 7) is 6.18. The molecule has 0 aromatic rings. The Morgan fingerprint density at radius 2 is 1.57 bits per heavy atom. The van der Waals surface area contributed by atoms with Gasteiger partial charge in [0, 0.05) is 19.1 Å². The predicted molar refractivity (Wildman–Crippen MR) is 79.4 cm³/mol. The first-order valence-electron chi connectivity index (χ1n) is 6.88. The van der Waals surface area contributed by atoms with Gasteiger partial charge in [-0.05, 0) is 20.3 Å². The highest BCUT2D eigenvalue weighted by molar-refractivity contribution is 7.85. The van der Waals surface area contributed by atoms with Gasteiger partial charge in [0.2, 0.25) is 11.8 Å². The standard InChI is InChI=1S/C12H25N3O5S/c1-4-5-13-11(16)8-15(10(2)3)9-12(17)14-6-7-21(18,19)20/h10H,4-9H2,1-3H3,(H,13,16)(H,14,17)(H,18,19,20). The average Bonchev–Trinajstić information content (AvgIpc) is 2.33.